The molecule has 4 rings (SSSR count). The number of rotatable bonds is 11. The van der Waals surface area contributed by atoms with Crippen LogP contribution in [-0.2, 0) is 24.8 Å². The molecule has 0 fully saturated rings. The van der Waals surface area contributed by atoms with E-state index in [-0.39, 0.29) is 27.1 Å². The Bertz CT molecular complexity index is 1670. The van der Waals surface area contributed by atoms with Crippen LogP contribution in [0.2, 0.25) is 5.02 Å². The lowest BCUT2D eigenvalue weighted by atomic mass is 10.3. The van der Waals surface area contributed by atoms with Gasteiger partial charge in [-0.25, -0.2) is 31.5 Å². The number of amides is 1. The number of hydrogen-bond donors (Lipinski definition) is 2. The Hall–Kier alpha value is -4.20. The first-order chi connectivity index (χ1) is 19.1. The van der Waals surface area contributed by atoms with Crippen LogP contribution in [0, 0.1) is 0 Å². The van der Waals surface area contributed by atoms with Crippen molar-refractivity contribution in [2.75, 3.05) is 27.5 Å². The lowest BCUT2D eigenvalue weighted by Crippen LogP contribution is -2.38. The van der Waals surface area contributed by atoms with Gasteiger partial charge in [-0.1, -0.05) is 11.6 Å². The maximum absolute atomic E-state index is 13.5. The molecule has 0 aliphatic heterocycles. The molecule has 1 amide bonds. The van der Waals surface area contributed by atoms with E-state index in [9.17, 15) is 21.6 Å². The molecule has 2 N–H and O–H groups in total. The molecule has 208 valence electrons. The number of nitrogens with zero attached hydrogens (tertiary/aromatic N) is 3. The predicted octanol–water partition coefficient (Wildman–Crippen LogP) is 4.16. The van der Waals surface area contributed by atoms with Gasteiger partial charge in [-0.2, -0.15) is 0 Å². The van der Waals surface area contributed by atoms with E-state index >= 15 is 0 Å². The van der Waals surface area contributed by atoms with Crippen LogP contribution >= 0.6 is 11.6 Å². The molecule has 1 heterocycles. The molecule has 0 atom stereocenters. The molecule has 1 aromatic heterocycles. The van der Waals surface area contributed by atoms with Crippen molar-refractivity contribution >= 4 is 54.9 Å². The summed E-state index contributed by atoms with van der Waals surface area (Å²) in [4.78, 5) is 20.5. The van der Waals surface area contributed by atoms with Gasteiger partial charge in [0.15, 0.2) is 0 Å². The first-order valence-corrected chi connectivity index (χ1v) is 15.1. The molecule has 0 saturated heterocycles. The Morgan fingerprint density at radius 2 is 1.48 bits per heavy atom. The molecule has 0 radical (unpaired) electrons. The fraction of sp³-hybridized carbons (Fsp3) is 0.115. The summed E-state index contributed by atoms with van der Waals surface area (Å²) in [5, 5.41) is 2.97. The smallest absolute Gasteiger partial charge is 0.264 e. The first-order valence-electron chi connectivity index (χ1n) is 11.8. The molecule has 0 aliphatic rings. The maximum Gasteiger partial charge on any atom is 0.264 e. The van der Waals surface area contributed by atoms with E-state index in [1.54, 1.807) is 18.2 Å². The molecular formula is C26H24ClN5O6S2. The van der Waals surface area contributed by atoms with E-state index in [0.29, 0.717) is 17.4 Å². The highest BCUT2D eigenvalue weighted by molar-refractivity contribution is 7.93. The standard InChI is InChI=1S/C26H24ClN5O6S2/c1-2-38-22-10-8-21(9-11-22)32(40(36,37)24-12-4-19(27)5-13-24)18-25(33)30-20-6-14-23(15-7-20)39(34,35)31-26-28-16-3-17-29-26/h3-17H,2,18H2,1H3,(H,30,33)(H,28,29,31). The Balaban J connectivity index is 1.54. The SMILES string of the molecule is CCOc1ccc(N(CC(=O)Nc2ccc(S(=O)(=O)Nc3ncccn3)cc2)S(=O)(=O)c2ccc(Cl)cc2)cc1. The first kappa shape index (κ1) is 28.8. The monoisotopic (exact) mass is 601 g/mol. The van der Waals surface area contributed by atoms with Crippen LogP contribution < -0.4 is 19.1 Å². The summed E-state index contributed by atoms with van der Waals surface area (Å²) in [7, 11) is -8.13. The van der Waals surface area contributed by atoms with Crippen LogP contribution in [0.4, 0.5) is 17.3 Å². The van der Waals surface area contributed by atoms with E-state index in [4.69, 9.17) is 16.3 Å². The summed E-state index contributed by atoms with van der Waals surface area (Å²) < 4.78 is 60.9. The summed E-state index contributed by atoms with van der Waals surface area (Å²) >= 11 is 5.93. The minimum atomic E-state index is -4.17. The summed E-state index contributed by atoms with van der Waals surface area (Å²) in [5.74, 6) is -0.197. The highest BCUT2D eigenvalue weighted by atomic mass is 35.5. The second kappa shape index (κ2) is 12.3. The van der Waals surface area contributed by atoms with E-state index in [0.717, 1.165) is 4.31 Å². The molecule has 40 heavy (non-hydrogen) atoms. The third-order valence-electron chi connectivity index (χ3n) is 5.36. The molecule has 11 nitrogen and oxygen atoms in total. The van der Waals surface area contributed by atoms with Crippen LogP contribution in [0.1, 0.15) is 6.92 Å². The van der Waals surface area contributed by atoms with E-state index in [1.807, 2.05) is 6.92 Å². The van der Waals surface area contributed by atoms with Gasteiger partial charge in [0.05, 0.1) is 22.1 Å². The van der Waals surface area contributed by atoms with Gasteiger partial charge in [-0.05, 0) is 85.8 Å². The van der Waals surface area contributed by atoms with Crippen molar-refractivity contribution in [3.05, 3.63) is 96.3 Å². The quantitative estimate of drug-likeness (QED) is 0.260. The van der Waals surface area contributed by atoms with Crippen LogP contribution in [0.3, 0.4) is 0 Å². The van der Waals surface area contributed by atoms with Crippen molar-refractivity contribution in [3.8, 4) is 5.75 Å². The van der Waals surface area contributed by atoms with E-state index in [1.165, 1.54) is 73.1 Å². The summed E-state index contributed by atoms with van der Waals surface area (Å²) in [6, 6.07) is 18.8. The molecule has 0 bridgehead atoms. The zero-order valence-electron chi connectivity index (χ0n) is 21.1. The van der Waals surface area contributed by atoms with Crippen molar-refractivity contribution in [1.82, 2.24) is 9.97 Å². The number of aromatic nitrogens is 2. The Morgan fingerprint density at radius 1 is 0.875 bits per heavy atom. The highest BCUT2D eigenvalue weighted by Gasteiger charge is 2.27. The van der Waals surface area contributed by atoms with Gasteiger partial charge in [0.25, 0.3) is 20.0 Å². The van der Waals surface area contributed by atoms with Crippen LogP contribution in [-0.4, -0.2) is 45.9 Å². The zero-order chi connectivity index (χ0) is 28.8. The lowest BCUT2D eigenvalue weighted by molar-refractivity contribution is -0.114. The van der Waals surface area contributed by atoms with Gasteiger partial charge in [0.2, 0.25) is 11.9 Å². The Morgan fingerprint density at radius 3 is 2.08 bits per heavy atom. The van der Waals surface area contributed by atoms with Gasteiger partial charge in [0, 0.05) is 23.1 Å². The number of hydrogen-bond acceptors (Lipinski definition) is 8. The second-order valence-electron chi connectivity index (χ2n) is 8.14. The zero-order valence-corrected chi connectivity index (χ0v) is 23.4. The minimum absolute atomic E-state index is 0.0527. The average Bonchev–Trinajstić information content (AvgIpc) is 2.93. The fourth-order valence-corrected chi connectivity index (χ4v) is 6.01. The van der Waals surface area contributed by atoms with Crippen molar-refractivity contribution < 1.29 is 26.4 Å². The number of benzene rings is 3. The highest BCUT2D eigenvalue weighted by Crippen LogP contribution is 2.27. The summed E-state index contributed by atoms with van der Waals surface area (Å²) in [6.07, 6.45) is 2.79. The largest absolute Gasteiger partial charge is 0.494 e. The number of nitrogens with one attached hydrogen (secondary N) is 2. The second-order valence-corrected chi connectivity index (χ2v) is 12.1. The minimum Gasteiger partial charge on any atom is -0.494 e. The Labute approximate surface area is 236 Å². The molecule has 4 aromatic rings. The molecule has 0 saturated carbocycles. The van der Waals surface area contributed by atoms with Crippen LogP contribution in [0.25, 0.3) is 0 Å². The fourth-order valence-electron chi connectivity index (χ4n) is 3.50. The normalized spacial score (nSPS) is 11.4. The van der Waals surface area contributed by atoms with Gasteiger partial charge in [-0.3, -0.25) is 9.10 Å². The van der Waals surface area contributed by atoms with Gasteiger partial charge in [0.1, 0.15) is 12.3 Å². The number of carbonyl (C=O) groups is 1. The molecule has 0 unspecified atom stereocenters. The van der Waals surface area contributed by atoms with Crippen LogP contribution in [0.15, 0.2) is 101 Å². The van der Waals surface area contributed by atoms with Gasteiger partial charge < -0.3 is 10.1 Å². The average molecular weight is 602 g/mol. The summed E-state index contributed by atoms with van der Waals surface area (Å²) in [6.45, 7) is 1.70. The maximum atomic E-state index is 13.5. The molecule has 14 heteroatoms. The third-order valence-corrected chi connectivity index (χ3v) is 8.75. The number of carbonyl (C=O) groups excluding carboxylic acids is 1. The number of ether oxygens (including phenoxy) is 1. The number of anilines is 3. The topological polar surface area (TPSA) is 148 Å². The molecular weight excluding hydrogens is 578 g/mol. The van der Waals surface area contributed by atoms with Crippen LogP contribution in [0.5, 0.6) is 5.75 Å². The third kappa shape index (κ3) is 7.05. The molecule has 0 spiro atoms. The predicted molar refractivity (Wildman–Crippen MR) is 152 cm³/mol. The van der Waals surface area contributed by atoms with Gasteiger partial charge >= 0.3 is 0 Å². The summed E-state index contributed by atoms with van der Waals surface area (Å²) in [5.41, 5.74) is 0.500. The van der Waals surface area contributed by atoms with Crippen molar-refractivity contribution in [1.29, 1.82) is 0 Å². The Kier molecular flexibility index (Phi) is 8.87. The van der Waals surface area contributed by atoms with Gasteiger partial charge in [-0.15, -0.1) is 0 Å². The van der Waals surface area contributed by atoms with Crippen molar-refractivity contribution in [3.63, 3.8) is 0 Å². The molecule has 0 aliphatic carbocycles. The van der Waals surface area contributed by atoms with Crippen molar-refractivity contribution in [2.24, 2.45) is 0 Å². The molecule has 3 aromatic carbocycles. The van der Waals surface area contributed by atoms with E-state index in [2.05, 4.69) is 20.0 Å². The van der Waals surface area contributed by atoms with Crippen molar-refractivity contribution in [2.45, 2.75) is 16.7 Å². The lowest BCUT2D eigenvalue weighted by Gasteiger charge is -2.24. The van der Waals surface area contributed by atoms with E-state index < -0.39 is 32.5 Å². The number of sulfonamides is 2. The number of halogens is 1.